The van der Waals surface area contributed by atoms with E-state index in [4.69, 9.17) is 4.74 Å². The second kappa shape index (κ2) is 9.60. The Hall–Kier alpha value is -3.10. The molecule has 2 aromatic carbocycles. The Labute approximate surface area is 173 Å². The lowest BCUT2D eigenvalue weighted by molar-refractivity contribution is -0.153. The van der Waals surface area contributed by atoms with E-state index >= 15 is 0 Å². The molecule has 0 atom stereocenters. The fourth-order valence-corrected chi connectivity index (χ4v) is 3.31. The largest absolute Gasteiger partial charge is 0.506 e. The highest BCUT2D eigenvalue weighted by atomic mass is 19.4. The summed E-state index contributed by atoms with van der Waals surface area (Å²) < 4.78 is 41.8. The number of guanidine groups is 1. The summed E-state index contributed by atoms with van der Waals surface area (Å²) in [6.45, 7) is 2.02. The number of anilines is 1. The number of nitrogens with zero attached hydrogens (tertiary/aromatic N) is 3. The van der Waals surface area contributed by atoms with Gasteiger partial charge in [-0.15, -0.1) is 0 Å². The average molecular weight is 422 g/mol. The molecule has 0 bridgehead atoms. The molecule has 0 aliphatic carbocycles. The van der Waals surface area contributed by atoms with Crippen LogP contribution in [0.1, 0.15) is 5.56 Å². The van der Waals surface area contributed by atoms with Gasteiger partial charge in [0.15, 0.2) is 12.6 Å². The van der Waals surface area contributed by atoms with Crippen molar-refractivity contribution in [3.63, 3.8) is 0 Å². The van der Waals surface area contributed by atoms with Crippen LogP contribution in [0.2, 0.25) is 0 Å². The zero-order chi connectivity index (χ0) is 21.6. The molecule has 0 unspecified atom stereocenters. The molecule has 0 aromatic heterocycles. The van der Waals surface area contributed by atoms with E-state index < -0.39 is 12.8 Å². The Bertz CT molecular complexity index is 865. The normalized spacial score (nSPS) is 15.3. The van der Waals surface area contributed by atoms with Gasteiger partial charge in [-0.3, -0.25) is 4.99 Å². The number of alkyl halides is 3. The second-order valence-corrected chi connectivity index (χ2v) is 6.91. The zero-order valence-electron chi connectivity index (χ0n) is 16.7. The number of nitrogens with one attached hydrogen (secondary N) is 1. The van der Waals surface area contributed by atoms with E-state index in [1.165, 1.54) is 6.07 Å². The van der Waals surface area contributed by atoms with Crippen molar-refractivity contribution >= 4 is 11.6 Å². The summed E-state index contributed by atoms with van der Waals surface area (Å²) in [6, 6.07) is 13.8. The molecule has 1 fully saturated rings. The highest BCUT2D eigenvalue weighted by Gasteiger charge is 2.28. The molecule has 6 nitrogen and oxygen atoms in total. The van der Waals surface area contributed by atoms with Crippen LogP contribution >= 0.6 is 0 Å². The minimum absolute atomic E-state index is 0.179. The molecule has 3 rings (SSSR count). The van der Waals surface area contributed by atoms with Gasteiger partial charge in [-0.25, -0.2) is 0 Å². The number of hydrogen-bond donors (Lipinski definition) is 2. The van der Waals surface area contributed by atoms with Crippen LogP contribution in [0.3, 0.4) is 0 Å². The van der Waals surface area contributed by atoms with Crippen LogP contribution < -0.4 is 15.0 Å². The van der Waals surface area contributed by atoms with E-state index in [2.05, 4.69) is 20.1 Å². The first kappa shape index (κ1) is 21.6. The standard InChI is InChI=1S/C21H25F3N4O2/c1-25-20(26-14-16-5-4-6-17(13-16)30-15-21(22,23)24)28-11-9-27(10-12-28)18-7-2-3-8-19(18)29/h2-8,13,29H,9-12,14-15H2,1H3,(H,25,26). The molecular formula is C21H25F3N4O2. The Morgan fingerprint density at radius 1 is 1.10 bits per heavy atom. The Morgan fingerprint density at radius 3 is 2.50 bits per heavy atom. The topological polar surface area (TPSA) is 60.3 Å². The Morgan fingerprint density at radius 2 is 1.83 bits per heavy atom. The number of halogens is 3. The number of hydrogen-bond acceptors (Lipinski definition) is 4. The Balaban J connectivity index is 1.53. The molecule has 162 valence electrons. The summed E-state index contributed by atoms with van der Waals surface area (Å²) in [7, 11) is 1.70. The van der Waals surface area contributed by atoms with Crippen molar-refractivity contribution in [3.05, 3.63) is 54.1 Å². The summed E-state index contributed by atoms with van der Waals surface area (Å²) in [6.07, 6.45) is -4.37. The third-order valence-electron chi connectivity index (χ3n) is 4.76. The van der Waals surface area contributed by atoms with E-state index in [1.54, 1.807) is 31.3 Å². The van der Waals surface area contributed by atoms with Crippen LogP contribution in [-0.4, -0.2) is 62.0 Å². The molecular weight excluding hydrogens is 397 g/mol. The molecule has 0 amide bonds. The molecule has 1 heterocycles. The number of piperazine rings is 1. The third kappa shape index (κ3) is 5.95. The molecule has 2 N–H and O–H groups in total. The van der Waals surface area contributed by atoms with Gasteiger partial charge in [-0.05, 0) is 29.8 Å². The number of benzene rings is 2. The lowest BCUT2D eigenvalue weighted by Gasteiger charge is -2.37. The van der Waals surface area contributed by atoms with Crippen molar-refractivity contribution in [1.82, 2.24) is 10.2 Å². The van der Waals surface area contributed by atoms with Crippen molar-refractivity contribution in [2.45, 2.75) is 12.7 Å². The van der Waals surface area contributed by atoms with Crippen molar-refractivity contribution in [2.75, 3.05) is 44.7 Å². The van der Waals surface area contributed by atoms with Gasteiger partial charge >= 0.3 is 6.18 Å². The first-order valence-electron chi connectivity index (χ1n) is 9.63. The molecule has 1 aliphatic rings. The molecule has 9 heteroatoms. The van der Waals surface area contributed by atoms with Crippen LogP contribution in [0, 0.1) is 0 Å². The van der Waals surface area contributed by atoms with Gasteiger partial charge in [-0.1, -0.05) is 24.3 Å². The van der Waals surface area contributed by atoms with Gasteiger partial charge < -0.3 is 25.0 Å². The van der Waals surface area contributed by atoms with Gasteiger partial charge in [0, 0.05) is 39.8 Å². The molecule has 0 spiro atoms. The summed E-state index contributed by atoms with van der Waals surface area (Å²) in [5.41, 5.74) is 1.61. The van der Waals surface area contributed by atoms with Gasteiger partial charge in [0.05, 0.1) is 5.69 Å². The van der Waals surface area contributed by atoms with Crippen molar-refractivity contribution in [1.29, 1.82) is 0 Å². The molecule has 0 radical (unpaired) electrons. The van der Waals surface area contributed by atoms with Crippen LogP contribution in [0.4, 0.5) is 18.9 Å². The lowest BCUT2D eigenvalue weighted by Crippen LogP contribution is -2.52. The van der Waals surface area contributed by atoms with Crippen molar-refractivity contribution < 1.29 is 23.0 Å². The number of phenolic OH excluding ortho intramolecular Hbond substituents is 1. The minimum atomic E-state index is -4.37. The average Bonchev–Trinajstić information content (AvgIpc) is 2.73. The van der Waals surface area contributed by atoms with Crippen molar-refractivity contribution in [3.8, 4) is 11.5 Å². The fourth-order valence-electron chi connectivity index (χ4n) is 3.31. The fraction of sp³-hybridized carbons (Fsp3) is 0.381. The van der Waals surface area contributed by atoms with Gasteiger partial charge in [0.1, 0.15) is 11.5 Å². The third-order valence-corrected chi connectivity index (χ3v) is 4.76. The monoisotopic (exact) mass is 422 g/mol. The summed E-state index contributed by atoms with van der Waals surface area (Å²) in [4.78, 5) is 8.55. The maximum absolute atomic E-state index is 12.3. The molecule has 2 aromatic rings. The second-order valence-electron chi connectivity index (χ2n) is 6.91. The summed E-state index contributed by atoms with van der Waals surface area (Å²) in [5, 5.41) is 13.3. The van der Waals surface area contributed by atoms with Crippen LogP contribution in [0.15, 0.2) is 53.5 Å². The zero-order valence-corrected chi connectivity index (χ0v) is 16.7. The van der Waals surface area contributed by atoms with E-state index in [9.17, 15) is 18.3 Å². The van der Waals surface area contributed by atoms with E-state index in [0.29, 0.717) is 12.5 Å². The number of phenols is 1. The number of aromatic hydroxyl groups is 1. The number of rotatable bonds is 5. The summed E-state index contributed by atoms with van der Waals surface area (Å²) in [5.74, 6) is 1.16. The first-order valence-corrected chi connectivity index (χ1v) is 9.63. The van der Waals surface area contributed by atoms with Crippen LogP contribution in [-0.2, 0) is 6.54 Å². The summed E-state index contributed by atoms with van der Waals surface area (Å²) >= 11 is 0. The number of ether oxygens (including phenoxy) is 1. The lowest BCUT2D eigenvalue weighted by atomic mass is 10.2. The quantitative estimate of drug-likeness (QED) is 0.572. The molecule has 0 saturated carbocycles. The highest BCUT2D eigenvalue weighted by Crippen LogP contribution is 2.27. The molecule has 1 aliphatic heterocycles. The predicted octanol–water partition coefficient (Wildman–Crippen LogP) is 3.23. The van der Waals surface area contributed by atoms with E-state index in [0.717, 1.165) is 37.4 Å². The minimum Gasteiger partial charge on any atom is -0.506 e. The number of para-hydroxylation sites is 2. The van der Waals surface area contributed by atoms with Crippen LogP contribution in [0.5, 0.6) is 11.5 Å². The molecule has 1 saturated heterocycles. The van der Waals surface area contributed by atoms with Crippen LogP contribution in [0.25, 0.3) is 0 Å². The van der Waals surface area contributed by atoms with E-state index in [1.807, 2.05) is 18.2 Å². The molecule has 30 heavy (non-hydrogen) atoms. The number of aliphatic imine (C=N–C) groups is 1. The Kier molecular flexibility index (Phi) is 6.91. The SMILES string of the molecule is CN=C(NCc1cccc(OCC(F)(F)F)c1)N1CCN(c2ccccc2O)CC1. The van der Waals surface area contributed by atoms with Gasteiger partial charge in [0.2, 0.25) is 0 Å². The maximum atomic E-state index is 12.3. The van der Waals surface area contributed by atoms with E-state index in [-0.39, 0.29) is 11.5 Å². The van der Waals surface area contributed by atoms with Crippen molar-refractivity contribution in [2.24, 2.45) is 4.99 Å². The first-order chi connectivity index (χ1) is 14.4. The van der Waals surface area contributed by atoms with Gasteiger partial charge in [-0.2, -0.15) is 13.2 Å². The highest BCUT2D eigenvalue weighted by molar-refractivity contribution is 5.80. The maximum Gasteiger partial charge on any atom is 0.422 e. The van der Waals surface area contributed by atoms with Gasteiger partial charge in [0.25, 0.3) is 0 Å². The predicted molar refractivity (Wildman–Crippen MR) is 110 cm³/mol. The smallest absolute Gasteiger partial charge is 0.422 e.